The van der Waals surface area contributed by atoms with Crippen molar-refractivity contribution < 1.29 is 27.4 Å². The lowest BCUT2D eigenvalue weighted by atomic mass is 9.91. The molecule has 210 valence electrons. The Bertz CT molecular complexity index is 639. The standard InChI is InChI=1S/C30H51F3O3/c1-5-9-10-11-12-14-17-25(30(34-20-6-2,35-21-7-3)36-22-8-4)18-15-13-16-19-27-28(32)23-26(31)24-29(27)33/h23-25H,5-22H2,1-4H3. The first-order valence-electron chi connectivity index (χ1n) is 14.5. The smallest absolute Gasteiger partial charge is 0.285 e. The van der Waals surface area contributed by atoms with Crippen LogP contribution in [0, 0.1) is 23.4 Å². The van der Waals surface area contributed by atoms with Crippen LogP contribution in [-0.4, -0.2) is 25.8 Å². The number of benzene rings is 1. The van der Waals surface area contributed by atoms with Crippen LogP contribution in [0.1, 0.15) is 123 Å². The molecule has 0 aliphatic carbocycles. The van der Waals surface area contributed by atoms with Gasteiger partial charge in [0.1, 0.15) is 17.5 Å². The van der Waals surface area contributed by atoms with Gasteiger partial charge in [0, 0.05) is 23.6 Å². The van der Waals surface area contributed by atoms with Crippen LogP contribution in [0.3, 0.4) is 0 Å². The Balaban J connectivity index is 2.83. The molecule has 6 heteroatoms. The number of hydrogen-bond donors (Lipinski definition) is 0. The van der Waals surface area contributed by atoms with Gasteiger partial charge in [0.15, 0.2) is 0 Å². The molecule has 0 aliphatic rings. The molecule has 0 N–H and O–H groups in total. The third kappa shape index (κ3) is 12.4. The molecular formula is C30H51F3O3. The van der Waals surface area contributed by atoms with E-state index >= 15 is 0 Å². The Hall–Kier alpha value is -1.11. The van der Waals surface area contributed by atoms with Crippen molar-refractivity contribution in [3.63, 3.8) is 0 Å². The first-order valence-corrected chi connectivity index (χ1v) is 14.5. The van der Waals surface area contributed by atoms with E-state index in [4.69, 9.17) is 14.2 Å². The predicted molar refractivity (Wildman–Crippen MR) is 141 cm³/mol. The number of unbranched alkanes of at least 4 members (excludes halogenated alkanes) is 7. The molecule has 0 fully saturated rings. The van der Waals surface area contributed by atoms with Gasteiger partial charge in [-0.1, -0.05) is 79.1 Å². The first kappa shape index (κ1) is 32.9. The van der Waals surface area contributed by atoms with E-state index in [1.807, 2.05) is 0 Å². The summed E-state index contributed by atoms with van der Waals surface area (Å²) in [6, 6.07) is 1.51. The minimum Gasteiger partial charge on any atom is -0.327 e. The highest BCUT2D eigenvalue weighted by Gasteiger charge is 2.41. The fourth-order valence-corrected chi connectivity index (χ4v) is 4.56. The van der Waals surface area contributed by atoms with Crippen molar-refractivity contribution in [1.82, 2.24) is 0 Å². The third-order valence-corrected chi connectivity index (χ3v) is 6.51. The second kappa shape index (κ2) is 19.9. The summed E-state index contributed by atoms with van der Waals surface area (Å²) in [5, 5.41) is 0. The van der Waals surface area contributed by atoms with Gasteiger partial charge in [-0.3, -0.25) is 0 Å². The van der Waals surface area contributed by atoms with Crippen LogP contribution in [0.5, 0.6) is 0 Å². The summed E-state index contributed by atoms with van der Waals surface area (Å²) in [6.07, 6.45) is 14.4. The molecule has 0 heterocycles. The molecule has 0 bridgehead atoms. The predicted octanol–water partition coefficient (Wildman–Crippen LogP) is 9.51. The molecule has 1 unspecified atom stereocenters. The van der Waals surface area contributed by atoms with Gasteiger partial charge >= 0.3 is 0 Å². The fraction of sp³-hybridized carbons (Fsp3) is 0.800. The Morgan fingerprint density at radius 2 is 1.06 bits per heavy atom. The summed E-state index contributed by atoms with van der Waals surface area (Å²) in [6.45, 7) is 10.2. The van der Waals surface area contributed by atoms with Gasteiger partial charge in [0.2, 0.25) is 0 Å². The van der Waals surface area contributed by atoms with Crippen molar-refractivity contribution in [2.75, 3.05) is 19.8 Å². The highest BCUT2D eigenvalue weighted by atomic mass is 19.1. The largest absolute Gasteiger partial charge is 0.327 e. The Morgan fingerprint density at radius 3 is 1.53 bits per heavy atom. The summed E-state index contributed by atoms with van der Waals surface area (Å²) in [7, 11) is 0. The maximum atomic E-state index is 14.0. The van der Waals surface area contributed by atoms with Crippen molar-refractivity contribution in [3.05, 3.63) is 35.1 Å². The van der Waals surface area contributed by atoms with Crippen LogP contribution >= 0.6 is 0 Å². The lowest BCUT2D eigenvalue weighted by molar-refractivity contribution is -0.406. The molecule has 0 spiro atoms. The van der Waals surface area contributed by atoms with Gasteiger partial charge in [-0.15, -0.1) is 0 Å². The van der Waals surface area contributed by atoms with Crippen LogP contribution in [0.15, 0.2) is 12.1 Å². The highest BCUT2D eigenvalue weighted by Crippen LogP contribution is 2.35. The highest BCUT2D eigenvalue weighted by molar-refractivity contribution is 5.20. The average Bonchev–Trinajstić information content (AvgIpc) is 2.85. The maximum absolute atomic E-state index is 14.0. The van der Waals surface area contributed by atoms with Crippen LogP contribution in [0.25, 0.3) is 0 Å². The molecule has 0 aliphatic heterocycles. The SMILES string of the molecule is CCCCCCCCC(CCCCCc1c(F)cc(F)cc1F)C(OCCC)(OCCC)OCCC. The summed E-state index contributed by atoms with van der Waals surface area (Å²) < 4.78 is 60.1. The molecule has 0 saturated carbocycles. The van der Waals surface area contributed by atoms with E-state index in [0.29, 0.717) is 26.2 Å². The summed E-state index contributed by atoms with van der Waals surface area (Å²) in [5.74, 6) is -3.44. The number of rotatable bonds is 23. The Morgan fingerprint density at radius 1 is 0.611 bits per heavy atom. The summed E-state index contributed by atoms with van der Waals surface area (Å²) in [4.78, 5) is 0. The van der Waals surface area contributed by atoms with E-state index in [2.05, 4.69) is 27.7 Å². The zero-order chi connectivity index (χ0) is 26.7. The Labute approximate surface area is 218 Å². The molecule has 0 aromatic heterocycles. The second-order valence-electron chi connectivity index (χ2n) is 9.85. The van der Waals surface area contributed by atoms with Gasteiger partial charge in [-0.05, 0) is 44.9 Å². The summed E-state index contributed by atoms with van der Waals surface area (Å²) in [5.41, 5.74) is -0.0294. The van der Waals surface area contributed by atoms with Crippen LogP contribution in [-0.2, 0) is 20.6 Å². The van der Waals surface area contributed by atoms with Crippen molar-refractivity contribution in [2.45, 2.75) is 130 Å². The molecule has 0 radical (unpaired) electrons. The van der Waals surface area contributed by atoms with Gasteiger partial charge in [0.25, 0.3) is 5.97 Å². The molecule has 1 rings (SSSR count). The van der Waals surface area contributed by atoms with E-state index in [1.54, 1.807) is 0 Å². The molecule has 0 saturated heterocycles. The van der Waals surface area contributed by atoms with E-state index < -0.39 is 23.4 Å². The van der Waals surface area contributed by atoms with Gasteiger partial charge in [-0.25, -0.2) is 13.2 Å². The molecule has 1 aromatic rings. The van der Waals surface area contributed by atoms with Gasteiger partial charge in [-0.2, -0.15) is 0 Å². The van der Waals surface area contributed by atoms with Gasteiger partial charge in [0.05, 0.1) is 19.8 Å². The zero-order valence-corrected chi connectivity index (χ0v) is 23.3. The monoisotopic (exact) mass is 516 g/mol. The van der Waals surface area contributed by atoms with Crippen molar-refractivity contribution in [1.29, 1.82) is 0 Å². The normalized spacial score (nSPS) is 12.9. The molecular weight excluding hydrogens is 465 g/mol. The van der Waals surface area contributed by atoms with Crippen LogP contribution in [0.4, 0.5) is 13.2 Å². The average molecular weight is 517 g/mol. The number of halogens is 3. The van der Waals surface area contributed by atoms with Crippen molar-refractivity contribution in [2.24, 2.45) is 5.92 Å². The fourth-order valence-electron chi connectivity index (χ4n) is 4.56. The van der Waals surface area contributed by atoms with E-state index in [9.17, 15) is 13.2 Å². The lowest BCUT2D eigenvalue weighted by Crippen LogP contribution is -2.47. The van der Waals surface area contributed by atoms with E-state index in [-0.39, 0.29) is 17.9 Å². The second-order valence-corrected chi connectivity index (χ2v) is 9.85. The first-order chi connectivity index (χ1) is 17.4. The molecule has 3 nitrogen and oxygen atoms in total. The Kier molecular flexibility index (Phi) is 18.2. The molecule has 0 amide bonds. The summed E-state index contributed by atoms with van der Waals surface area (Å²) >= 11 is 0. The minimum atomic E-state index is -1.04. The topological polar surface area (TPSA) is 27.7 Å². The molecule has 36 heavy (non-hydrogen) atoms. The maximum Gasteiger partial charge on any atom is 0.285 e. The van der Waals surface area contributed by atoms with Crippen molar-refractivity contribution >= 4 is 0 Å². The van der Waals surface area contributed by atoms with Crippen LogP contribution < -0.4 is 0 Å². The molecule has 1 aromatic carbocycles. The number of hydrogen-bond acceptors (Lipinski definition) is 3. The quantitative estimate of drug-likeness (QED) is 0.107. The van der Waals surface area contributed by atoms with E-state index in [0.717, 1.165) is 63.5 Å². The zero-order valence-electron chi connectivity index (χ0n) is 23.3. The number of ether oxygens (including phenoxy) is 3. The molecule has 1 atom stereocenters. The van der Waals surface area contributed by atoms with Crippen molar-refractivity contribution in [3.8, 4) is 0 Å². The third-order valence-electron chi connectivity index (χ3n) is 6.51. The van der Waals surface area contributed by atoms with Crippen LogP contribution in [0.2, 0.25) is 0 Å². The van der Waals surface area contributed by atoms with Gasteiger partial charge < -0.3 is 14.2 Å². The minimum absolute atomic E-state index is 0.0294. The van der Waals surface area contributed by atoms with E-state index in [1.165, 1.54) is 32.1 Å². The lowest BCUT2D eigenvalue weighted by Gasteiger charge is -2.40.